The summed E-state index contributed by atoms with van der Waals surface area (Å²) in [4.78, 5) is 25.0. The number of esters is 2. The molecule has 0 aromatic rings. The molecule has 26 heteroatoms. The fraction of sp³-hybridized carbons (Fsp3) is 0.875. The Bertz CT molecular complexity index is 1410. The van der Waals surface area contributed by atoms with Gasteiger partial charge in [-0.15, -0.1) is 0 Å². The maximum atomic E-state index is 12.6. The van der Waals surface area contributed by atoms with Crippen LogP contribution in [0.15, 0.2) is 0 Å². The summed E-state index contributed by atoms with van der Waals surface area (Å²) in [6, 6.07) is 0. The van der Waals surface area contributed by atoms with Crippen molar-refractivity contribution in [1.29, 1.82) is 0 Å². The third-order valence-corrected chi connectivity index (χ3v) is 10.4. The molecule has 0 amide bonds. The van der Waals surface area contributed by atoms with E-state index < -0.39 is 101 Å². The highest BCUT2D eigenvalue weighted by atomic mass is 32.3. The first-order valence-electron chi connectivity index (χ1n) is 10.8. The Morgan fingerprint density at radius 2 is 0.952 bits per heavy atom. The summed E-state index contributed by atoms with van der Waals surface area (Å²) < 4.78 is 181. The smallest absolute Gasteiger partial charge is 0.463 e. The Labute approximate surface area is 237 Å². The summed E-state index contributed by atoms with van der Waals surface area (Å²) in [5.41, 5.74) is -15.0. The van der Waals surface area contributed by atoms with Crippen LogP contribution in [0.1, 0.15) is 40.5 Å². The lowest BCUT2D eigenvalue weighted by atomic mass is 9.72. The highest BCUT2D eigenvalue weighted by Gasteiger charge is 2.49. The van der Waals surface area contributed by atoms with Crippen molar-refractivity contribution in [1.82, 2.24) is 8.25 Å². The summed E-state index contributed by atoms with van der Waals surface area (Å²) in [5.74, 6) is -2.15. The van der Waals surface area contributed by atoms with Gasteiger partial charge in [0.25, 0.3) is 0 Å². The van der Waals surface area contributed by atoms with Crippen LogP contribution in [0.3, 0.4) is 0 Å². The Balaban J connectivity index is 5.01. The third kappa shape index (κ3) is 12.4. The number of hydrogen-bond acceptors (Lipinski definition) is 14. The predicted octanol–water partition coefficient (Wildman–Crippen LogP) is 0.307. The molecule has 0 saturated heterocycles. The fourth-order valence-electron chi connectivity index (χ4n) is 2.73. The van der Waals surface area contributed by atoms with Crippen molar-refractivity contribution >= 4 is 52.6 Å². The van der Waals surface area contributed by atoms with Crippen LogP contribution < -0.4 is 8.25 Å². The summed E-state index contributed by atoms with van der Waals surface area (Å²) in [5, 5.41) is 0. The van der Waals surface area contributed by atoms with E-state index in [9.17, 15) is 69.6 Å². The van der Waals surface area contributed by atoms with Crippen LogP contribution in [-0.4, -0.2) is 83.1 Å². The van der Waals surface area contributed by atoms with Gasteiger partial charge in [-0.2, -0.15) is 43.2 Å². The highest BCUT2D eigenvalue weighted by Crippen LogP contribution is 2.38. The predicted molar refractivity (Wildman–Crippen MR) is 125 cm³/mol. The van der Waals surface area contributed by atoms with Crippen molar-refractivity contribution in [2.24, 2.45) is 10.8 Å². The molecular weight excluding hydrogens is 686 g/mol. The Morgan fingerprint density at radius 1 is 0.619 bits per heavy atom. The number of ether oxygens (including phenoxy) is 2. The first-order valence-corrected chi connectivity index (χ1v) is 16.5. The van der Waals surface area contributed by atoms with Crippen LogP contribution in [-0.2, 0) is 68.1 Å². The van der Waals surface area contributed by atoms with Crippen LogP contribution >= 0.6 is 0 Å². The van der Waals surface area contributed by atoms with E-state index in [2.05, 4.69) is 8.37 Å². The lowest BCUT2D eigenvalue weighted by Crippen LogP contribution is -2.41. The van der Waals surface area contributed by atoms with E-state index in [4.69, 9.17) is 9.47 Å². The van der Waals surface area contributed by atoms with Crippen LogP contribution in [0.2, 0.25) is 0 Å². The van der Waals surface area contributed by atoms with Crippen LogP contribution in [0.5, 0.6) is 0 Å². The largest absolute Gasteiger partial charge is 0.512 e. The van der Waals surface area contributed by atoms with Gasteiger partial charge in [-0.25, -0.2) is 16.8 Å². The monoisotopic (exact) mass is 712 g/mol. The molecule has 2 N–H and O–H groups in total. The lowest BCUT2D eigenvalue weighted by molar-refractivity contribution is -0.164. The van der Waals surface area contributed by atoms with E-state index >= 15 is 0 Å². The molecule has 0 aliphatic heterocycles. The fourth-order valence-corrected chi connectivity index (χ4v) is 6.59. The number of sulfonamides is 2. The molecule has 1 atom stereocenters. The molecule has 0 radical (unpaired) electrons. The molecule has 0 aromatic carbocycles. The second-order valence-corrected chi connectivity index (χ2v) is 15.4. The minimum Gasteiger partial charge on any atom is -0.463 e. The van der Waals surface area contributed by atoms with Gasteiger partial charge in [-0.1, -0.05) is 15.2 Å². The van der Waals surface area contributed by atoms with E-state index in [-0.39, 0.29) is 21.1 Å². The third-order valence-electron chi connectivity index (χ3n) is 4.80. The maximum Gasteiger partial charge on any atom is 0.512 e. The zero-order chi connectivity index (χ0) is 33.6. The van der Waals surface area contributed by atoms with Gasteiger partial charge in [0.15, 0.2) is 0 Å². The minimum absolute atomic E-state index is 0.0201. The van der Waals surface area contributed by atoms with Gasteiger partial charge in [0.05, 0.1) is 10.8 Å². The van der Waals surface area contributed by atoms with Crippen LogP contribution in [0.4, 0.5) is 26.3 Å². The highest BCUT2D eigenvalue weighted by molar-refractivity contribution is 8.03. The molecule has 0 aromatic heterocycles. The first-order chi connectivity index (χ1) is 18.4. The van der Waals surface area contributed by atoms with Crippen LogP contribution in [0.25, 0.3) is 0 Å². The average molecular weight is 713 g/mol. The van der Waals surface area contributed by atoms with Gasteiger partial charge in [0, 0.05) is 0 Å². The maximum absolute atomic E-state index is 12.6. The second-order valence-electron chi connectivity index (χ2n) is 8.86. The number of nitrogens with one attached hydrogen (secondary N) is 2. The number of carbonyl (C=O) groups excluding carboxylic acids is 2. The number of hydrogen-bond donors (Lipinski definition) is 2. The van der Waals surface area contributed by atoms with Gasteiger partial charge in [0.2, 0.25) is 0 Å². The number of halogens is 6. The number of alkyl halides is 6. The topological polar surface area (TPSA) is 232 Å². The zero-order valence-electron chi connectivity index (χ0n) is 21.9. The SMILES string of the molecule is CCC(C)(CC(C)(C)C(=O)OCCOS(=O)(=O)NS(=O)(=O)C(F)(F)F)C(=O)OCCOS(=O)(=O)NS(=O)(=O)C(F)(F)F. The Morgan fingerprint density at radius 3 is 1.26 bits per heavy atom. The molecule has 42 heavy (non-hydrogen) atoms. The van der Waals surface area contributed by atoms with Crippen LogP contribution in [0, 0.1) is 10.8 Å². The van der Waals surface area contributed by atoms with Crippen molar-refractivity contribution in [3.63, 3.8) is 0 Å². The van der Waals surface area contributed by atoms with E-state index in [1.807, 2.05) is 0 Å². The molecule has 0 spiro atoms. The summed E-state index contributed by atoms with van der Waals surface area (Å²) in [6.07, 6.45) is -0.364. The molecule has 1 unspecified atom stereocenters. The minimum atomic E-state index is -6.31. The molecule has 0 fully saturated rings. The average Bonchev–Trinajstić information content (AvgIpc) is 2.75. The van der Waals surface area contributed by atoms with E-state index in [1.54, 1.807) is 0 Å². The van der Waals surface area contributed by atoms with E-state index in [1.165, 1.54) is 27.7 Å². The quantitative estimate of drug-likeness (QED) is 0.117. The van der Waals surface area contributed by atoms with Crippen molar-refractivity contribution in [2.45, 2.75) is 51.6 Å². The van der Waals surface area contributed by atoms with Gasteiger partial charge >= 0.3 is 63.6 Å². The standard InChI is InChI=1S/C16H26F6N2O14S4/c1-5-14(4,12(26)36-7-9-38-42(33,34)24-40(29,30)16(20,21)22)10-13(2,3)11(25)35-6-8-37-41(31,32)23-39(27,28)15(17,18)19/h23-24H,5-10H2,1-4H3. The lowest BCUT2D eigenvalue weighted by Gasteiger charge is -2.33. The molecule has 0 rings (SSSR count). The molecule has 250 valence electrons. The second kappa shape index (κ2) is 13.9. The first kappa shape index (κ1) is 40.2. The molecule has 0 heterocycles. The molecule has 0 aliphatic rings. The normalized spacial score (nSPS) is 15.6. The summed E-state index contributed by atoms with van der Waals surface area (Å²) >= 11 is 0. The Kier molecular flexibility index (Phi) is 13.2. The van der Waals surface area contributed by atoms with Crippen molar-refractivity contribution < 1.29 is 87.4 Å². The summed E-state index contributed by atoms with van der Waals surface area (Å²) in [6.45, 7) is 1.27. The number of rotatable bonds is 17. The molecule has 0 saturated carbocycles. The summed E-state index contributed by atoms with van der Waals surface area (Å²) in [7, 11) is -23.6. The van der Waals surface area contributed by atoms with E-state index in [0.29, 0.717) is 0 Å². The molecule has 16 nitrogen and oxygen atoms in total. The molecular formula is C16H26F6N2O14S4. The number of carbonyl (C=O) groups is 2. The molecule has 0 bridgehead atoms. The van der Waals surface area contributed by atoms with Crippen molar-refractivity contribution in [3.8, 4) is 0 Å². The van der Waals surface area contributed by atoms with Gasteiger partial charge < -0.3 is 9.47 Å². The zero-order valence-corrected chi connectivity index (χ0v) is 25.1. The van der Waals surface area contributed by atoms with Crippen molar-refractivity contribution in [3.05, 3.63) is 0 Å². The Hall–Kier alpha value is -1.84. The van der Waals surface area contributed by atoms with Gasteiger partial charge in [-0.3, -0.25) is 18.0 Å². The van der Waals surface area contributed by atoms with Gasteiger partial charge in [-0.05, 0) is 33.6 Å². The van der Waals surface area contributed by atoms with Gasteiger partial charge in [0.1, 0.15) is 26.4 Å². The van der Waals surface area contributed by atoms with Crippen molar-refractivity contribution in [2.75, 3.05) is 26.4 Å². The molecule has 0 aliphatic carbocycles. The van der Waals surface area contributed by atoms with E-state index in [0.717, 1.165) is 0 Å².